The van der Waals surface area contributed by atoms with E-state index in [0.29, 0.717) is 6.61 Å². The molecular weight excluding hydrogens is 358 g/mol. The number of ether oxygens (including phenoxy) is 4. The van der Waals surface area contributed by atoms with E-state index in [2.05, 4.69) is 51.8 Å². The summed E-state index contributed by atoms with van der Waals surface area (Å²) in [6, 6.07) is 8.24. The third-order valence-electron chi connectivity index (χ3n) is 6.21. The highest BCUT2D eigenvalue weighted by molar-refractivity contribution is 5.28. The molecule has 3 rings (SSSR count). The Bertz CT molecular complexity index is 639. The van der Waals surface area contributed by atoms with Crippen LogP contribution in [0, 0.1) is 5.92 Å². The Balaban J connectivity index is 1.67. The molecular formula is C22H35NO5. The molecule has 0 aliphatic carbocycles. The van der Waals surface area contributed by atoms with E-state index in [1.807, 2.05) is 12.1 Å². The van der Waals surface area contributed by atoms with Gasteiger partial charge in [0.1, 0.15) is 24.6 Å². The van der Waals surface area contributed by atoms with Crippen LogP contribution in [-0.4, -0.2) is 56.0 Å². The topological polar surface area (TPSA) is 52.7 Å². The maximum atomic E-state index is 6.47. The van der Waals surface area contributed by atoms with Gasteiger partial charge < -0.3 is 18.9 Å². The summed E-state index contributed by atoms with van der Waals surface area (Å²) >= 11 is 0. The molecule has 0 spiro atoms. The molecule has 1 aromatic rings. The highest BCUT2D eigenvalue weighted by Gasteiger charge is 2.54. The average molecular weight is 394 g/mol. The van der Waals surface area contributed by atoms with Crippen LogP contribution in [0.4, 0.5) is 0 Å². The van der Waals surface area contributed by atoms with Gasteiger partial charge in [-0.3, -0.25) is 4.84 Å². The van der Waals surface area contributed by atoms with Crippen LogP contribution in [0.25, 0.3) is 0 Å². The summed E-state index contributed by atoms with van der Waals surface area (Å²) in [7, 11) is 3.45. The van der Waals surface area contributed by atoms with Crippen LogP contribution in [-0.2, 0) is 19.0 Å². The molecule has 2 aliphatic rings. The van der Waals surface area contributed by atoms with E-state index in [1.54, 1.807) is 14.2 Å². The van der Waals surface area contributed by atoms with Crippen molar-refractivity contribution in [1.82, 2.24) is 5.06 Å². The Labute approximate surface area is 169 Å². The Morgan fingerprint density at radius 2 is 1.75 bits per heavy atom. The standard InChI is InChI=1S/C22H35NO5/c1-15-16(2)23(21(4,5)14-22(15,24-6)25-7)28-17(3)18-8-10-19(11-9-18)26-12-20-13-27-20/h8-11,15-17,20H,12-14H2,1-7H3. The summed E-state index contributed by atoms with van der Waals surface area (Å²) < 4.78 is 22.5. The molecule has 6 nitrogen and oxygen atoms in total. The van der Waals surface area contributed by atoms with Crippen molar-refractivity contribution in [1.29, 1.82) is 0 Å². The third kappa shape index (κ3) is 4.36. The summed E-state index contributed by atoms with van der Waals surface area (Å²) in [5, 5.41) is 2.12. The second-order valence-electron chi connectivity index (χ2n) is 8.65. The summed E-state index contributed by atoms with van der Waals surface area (Å²) in [6.07, 6.45) is 0.909. The number of nitrogens with zero attached hydrogens (tertiary/aromatic N) is 1. The number of rotatable bonds is 8. The molecule has 2 fully saturated rings. The predicted molar refractivity (Wildman–Crippen MR) is 107 cm³/mol. The lowest BCUT2D eigenvalue weighted by atomic mass is 9.77. The monoisotopic (exact) mass is 393 g/mol. The van der Waals surface area contributed by atoms with Gasteiger partial charge in [-0.1, -0.05) is 19.1 Å². The first kappa shape index (κ1) is 21.5. The van der Waals surface area contributed by atoms with Crippen molar-refractivity contribution in [2.24, 2.45) is 5.92 Å². The fourth-order valence-corrected chi connectivity index (χ4v) is 4.22. The molecule has 2 heterocycles. The molecule has 0 amide bonds. The van der Waals surface area contributed by atoms with Crippen LogP contribution >= 0.6 is 0 Å². The van der Waals surface area contributed by atoms with Gasteiger partial charge in [0.25, 0.3) is 0 Å². The number of hydrogen-bond acceptors (Lipinski definition) is 6. The molecule has 0 radical (unpaired) electrons. The van der Waals surface area contributed by atoms with Gasteiger partial charge in [-0.05, 0) is 45.4 Å². The van der Waals surface area contributed by atoms with Crippen molar-refractivity contribution in [3.05, 3.63) is 29.8 Å². The van der Waals surface area contributed by atoms with E-state index in [4.69, 9.17) is 23.8 Å². The quantitative estimate of drug-likeness (QED) is 0.492. The van der Waals surface area contributed by atoms with Gasteiger partial charge in [0, 0.05) is 38.1 Å². The minimum Gasteiger partial charge on any atom is -0.491 e. The SMILES string of the molecule is COC1(OC)CC(C)(C)N(OC(C)c2ccc(OCC3CO3)cc2)C(C)C1C. The molecule has 0 N–H and O–H groups in total. The Hall–Kier alpha value is -1.18. The first-order chi connectivity index (χ1) is 13.2. The average Bonchev–Trinajstić information content (AvgIpc) is 3.51. The smallest absolute Gasteiger partial charge is 0.173 e. The van der Waals surface area contributed by atoms with Crippen LogP contribution in [0.15, 0.2) is 24.3 Å². The fourth-order valence-electron chi connectivity index (χ4n) is 4.22. The zero-order chi connectivity index (χ0) is 20.5. The number of methoxy groups -OCH3 is 2. The molecule has 0 bridgehead atoms. The van der Waals surface area contributed by atoms with E-state index in [-0.39, 0.29) is 29.7 Å². The second kappa shape index (κ2) is 8.28. The Morgan fingerprint density at radius 3 is 2.29 bits per heavy atom. The molecule has 158 valence electrons. The molecule has 2 saturated heterocycles. The summed E-state index contributed by atoms with van der Waals surface area (Å²) in [6.45, 7) is 12.2. The minimum absolute atomic E-state index is 0.0765. The van der Waals surface area contributed by atoms with Gasteiger partial charge in [-0.2, -0.15) is 5.06 Å². The molecule has 0 saturated carbocycles. The van der Waals surface area contributed by atoms with Gasteiger partial charge in [-0.15, -0.1) is 0 Å². The van der Waals surface area contributed by atoms with E-state index in [0.717, 1.165) is 24.3 Å². The van der Waals surface area contributed by atoms with E-state index >= 15 is 0 Å². The van der Waals surface area contributed by atoms with Crippen molar-refractivity contribution in [2.75, 3.05) is 27.4 Å². The van der Waals surface area contributed by atoms with Gasteiger partial charge >= 0.3 is 0 Å². The normalized spacial score (nSPS) is 30.0. The van der Waals surface area contributed by atoms with Crippen molar-refractivity contribution in [2.45, 2.75) is 70.6 Å². The highest BCUT2D eigenvalue weighted by Crippen LogP contribution is 2.45. The summed E-state index contributed by atoms with van der Waals surface area (Å²) in [5.74, 6) is 0.413. The summed E-state index contributed by atoms with van der Waals surface area (Å²) in [4.78, 5) is 6.47. The number of piperidine rings is 1. The number of benzene rings is 1. The Morgan fingerprint density at radius 1 is 1.14 bits per heavy atom. The van der Waals surface area contributed by atoms with Crippen LogP contribution in [0.2, 0.25) is 0 Å². The largest absolute Gasteiger partial charge is 0.491 e. The van der Waals surface area contributed by atoms with Crippen molar-refractivity contribution >= 4 is 0 Å². The van der Waals surface area contributed by atoms with Crippen LogP contribution in [0.5, 0.6) is 5.75 Å². The van der Waals surface area contributed by atoms with Crippen molar-refractivity contribution < 1.29 is 23.8 Å². The Kier molecular flexibility index (Phi) is 6.37. The fraction of sp³-hybridized carbons (Fsp3) is 0.727. The third-order valence-corrected chi connectivity index (χ3v) is 6.21. The lowest BCUT2D eigenvalue weighted by Gasteiger charge is -2.56. The highest BCUT2D eigenvalue weighted by atomic mass is 16.7. The maximum absolute atomic E-state index is 6.47. The lowest BCUT2D eigenvalue weighted by molar-refractivity contribution is -0.357. The van der Waals surface area contributed by atoms with Crippen LogP contribution < -0.4 is 4.74 Å². The van der Waals surface area contributed by atoms with Crippen LogP contribution in [0.3, 0.4) is 0 Å². The summed E-state index contributed by atoms with van der Waals surface area (Å²) in [5.41, 5.74) is 0.875. The van der Waals surface area contributed by atoms with Crippen LogP contribution in [0.1, 0.15) is 52.7 Å². The first-order valence-electron chi connectivity index (χ1n) is 10.1. The van der Waals surface area contributed by atoms with Gasteiger partial charge in [-0.25, -0.2) is 0 Å². The van der Waals surface area contributed by atoms with Gasteiger partial charge in [0.15, 0.2) is 5.79 Å². The number of hydrogen-bond donors (Lipinski definition) is 0. The van der Waals surface area contributed by atoms with Crippen molar-refractivity contribution in [3.8, 4) is 5.75 Å². The van der Waals surface area contributed by atoms with Crippen molar-refractivity contribution in [3.63, 3.8) is 0 Å². The molecule has 2 aliphatic heterocycles. The predicted octanol–water partition coefficient (Wildman–Crippen LogP) is 3.95. The zero-order valence-electron chi connectivity index (χ0n) is 18.2. The molecule has 28 heavy (non-hydrogen) atoms. The molecule has 4 unspecified atom stereocenters. The number of epoxide rings is 1. The van der Waals surface area contributed by atoms with E-state index < -0.39 is 5.79 Å². The maximum Gasteiger partial charge on any atom is 0.173 e. The second-order valence-corrected chi connectivity index (χ2v) is 8.65. The molecule has 0 aromatic heterocycles. The number of hydroxylamine groups is 2. The first-order valence-corrected chi connectivity index (χ1v) is 10.1. The van der Waals surface area contributed by atoms with Gasteiger partial charge in [0.05, 0.1) is 6.61 Å². The molecule has 1 aromatic carbocycles. The van der Waals surface area contributed by atoms with E-state index in [1.165, 1.54) is 0 Å². The zero-order valence-corrected chi connectivity index (χ0v) is 18.2. The van der Waals surface area contributed by atoms with E-state index in [9.17, 15) is 0 Å². The lowest BCUT2D eigenvalue weighted by Crippen LogP contribution is -2.65. The van der Waals surface area contributed by atoms with Gasteiger partial charge in [0.2, 0.25) is 0 Å². The molecule has 4 atom stereocenters. The molecule has 6 heteroatoms. The minimum atomic E-state index is -0.601.